The summed E-state index contributed by atoms with van der Waals surface area (Å²) in [4.78, 5) is 57.3. The van der Waals surface area contributed by atoms with Crippen LogP contribution in [0, 0.1) is 17.8 Å². The number of hydrogen-bond donors (Lipinski definition) is 5. The summed E-state index contributed by atoms with van der Waals surface area (Å²) in [5.74, 6) is -2.74. The lowest BCUT2D eigenvalue weighted by molar-refractivity contribution is -0.317. The molecule has 410 valence electrons. The predicted molar refractivity (Wildman–Crippen MR) is 264 cm³/mol. The SMILES string of the molecule is CC[C@H]1OC(=O)[C@H](C)[C@@H](O[C@H]2C[C@@](C)(OC)[C@@H](OC(=O)NCCCC(=O)NCCc3ccc(O)cc3)[C@H](C)O2)[C@H](C)[C@@H](O[C@@H]2O[C@H](C)C[C@H](N(C)C)[C@H]2O)[C@@](C)(O)C[C@@H](C)CN(C)[C@H](C)[C@H]2OC(=O)O[C@@]21C. The summed E-state index contributed by atoms with van der Waals surface area (Å²) in [7, 11) is 7.15. The van der Waals surface area contributed by atoms with Gasteiger partial charge in [-0.15, -0.1) is 0 Å². The number of carbonyl (C=O) groups is 4. The average molecular weight is 1020 g/mol. The number of phenolic OH excluding ortho intramolecular Hbond substituents is 1. The molecule has 4 fully saturated rings. The van der Waals surface area contributed by atoms with Gasteiger partial charge in [0.05, 0.1) is 35.9 Å². The van der Waals surface area contributed by atoms with Crippen LogP contribution in [0.1, 0.15) is 113 Å². The van der Waals surface area contributed by atoms with Crippen molar-refractivity contribution in [1.29, 1.82) is 0 Å². The molecule has 0 aromatic heterocycles. The number of aromatic hydroxyl groups is 1. The van der Waals surface area contributed by atoms with Gasteiger partial charge in [0.1, 0.15) is 23.6 Å². The molecule has 4 saturated heterocycles. The van der Waals surface area contributed by atoms with Gasteiger partial charge in [-0.05, 0) is 125 Å². The summed E-state index contributed by atoms with van der Waals surface area (Å²) in [6, 6.07) is 6.07. The van der Waals surface area contributed by atoms with Gasteiger partial charge in [-0.2, -0.15) is 0 Å². The van der Waals surface area contributed by atoms with Crippen LogP contribution in [0.2, 0.25) is 0 Å². The first-order chi connectivity index (χ1) is 33.7. The molecule has 2 amide bonds. The first-order valence-corrected chi connectivity index (χ1v) is 25.8. The second kappa shape index (κ2) is 25.1. The van der Waals surface area contributed by atoms with Crippen LogP contribution in [-0.2, 0) is 58.6 Å². The molecule has 0 aliphatic carbocycles. The molecule has 0 unspecified atom stereocenters. The number of likely N-dealkylation sites (N-methyl/N-ethyl adjacent to an activating group) is 2. The molecule has 4 aliphatic heterocycles. The molecule has 0 radical (unpaired) electrons. The van der Waals surface area contributed by atoms with Crippen molar-refractivity contribution >= 4 is 24.1 Å². The summed E-state index contributed by atoms with van der Waals surface area (Å²) in [5, 5.41) is 39.7. The third-order valence-electron chi connectivity index (χ3n) is 15.4. The maximum absolute atomic E-state index is 14.7. The number of nitrogens with one attached hydrogen (secondary N) is 2. The fourth-order valence-electron chi connectivity index (χ4n) is 11.2. The molecular formula is C52H86N4O16. The normalized spacial score (nSPS) is 39.4. The van der Waals surface area contributed by atoms with Gasteiger partial charge in [0.15, 0.2) is 30.4 Å². The van der Waals surface area contributed by atoms with E-state index in [-0.39, 0.29) is 61.9 Å². The Hall–Kier alpha value is -3.86. The van der Waals surface area contributed by atoms with E-state index in [2.05, 4.69) is 10.6 Å². The van der Waals surface area contributed by atoms with Crippen molar-refractivity contribution in [1.82, 2.24) is 20.4 Å². The van der Waals surface area contributed by atoms with Crippen LogP contribution < -0.4 is 10.6 Å². The zero-order valence-corrected chi connectivity index (χ0v) is 45.1. The van der Waals surface area contributed by atoms with Crippen molar-refractivity contribution in [2.24, 2.45) is 17.8 Å². The Morgan fingerprint density at radius 2 is 1.61 bits per heavy atom. The van der Waals surface area contributed by atoms with Crippen molar-refractivity contribution in [3.63, 3.8) is 0 Å². The van der Waals surface area contributed by atoms with Crippen LogP contribution in [0.4, 0.5) is 9.59 Å². The summed E-state index contributed by atoms with van der Waals surface area (Å²) < 4.78 is 56.6. The molecule has 4 heterocycles. The van der Waals surface area contributed by atoms with Gasteiger partial charge >= 0.3 is 18.2 Å². The molecule has 1 aromatic rings. The first-order valence-electron chi connectivity index (χ1n) is 25.8. The van der Waals surface area contributed by atoms with E-state index in [0.29, 0.717) is 32.4 Å². The first kappa shape index (κ1) is 59.0. The molecule has 0 saturated carbocycles. The molecule has 20 heteroatoms. The number of methoxy groups -OCH3 is 1. The minimum Gasteiger partial charge on any atom is -0.508 e. The van der Waals surface area contributed by atoms with Gasteiger partial charge in [0.25, 0.3) is 0 Å². The van der Waals surface area contributed by atoms with Crippen molar-refractivity contribution in [3.05, 3.63) is 29.8 Å². The highest BCUT2D eigenvalue weighted by Gasteiger charge is 2.58. The number of alkyl carbamates (subject to hydrolysis) is 1. The second-order valence-corrected chi connectivity index (χ2v) is 21.7. The van der Waals surface area contributed by atoms with Gasteiger partial charge in [-0.3, -0.25) is 14.5 Å². The number of amides is 2. The highest BCUT2D eigenvalue weighted by molar-refractivity contribution is 5.76. The van der Waals surface area contributed by atoms with Crippen LogP contribution in [0.5, 0.6) is 5.75 Å². The molecular weight excluding hydrogens is 937 g/mol. The Bertz CT molecular complexity index is 1940. The van der Waals surface area contributed by atoms with E-state index in [1.165, 1.54) is 7.11 Å². The number of phenols is 1. The topological polar surface area (TPSA) is 243 Å². The van der Waals surface area contributed by atoms with E-state index in [1.54, 1.807) is 58.9 Å². The van der Waals surface area contributed by atoms with Gasteiger partial charge in [0.2, 0.25) is 5.91 Å². The lowest BCUT2D eigenvalue weighted by Gasteiger charge is -2.49. The average Bonchev–Trinajstić information content (AvgIpc) is 3.62. The molecule has 4 aliphatic rings. The second-order valence-electron chi connectivity index (χ2n) is 21.7. The molecule has 0 bridgehead atoms. The third kappa shape index (κ3) is 14.5. The van der Waals surface area contributed by atoms with Crippen LogP contribution in [-0.4, -0.2) is 187 Å². The smallest absolute Gasteiger partial charge is 0.508 e. The highest BCUT2D eigenvalue weighted by atomic mass is 16.8. The predicted octanol–water partition coefficient (Wildman–Crippen LogP) is 4.66. The van der Waals surface area contributed by atoms with E-state index in [0.717, 1.165) is 5.56 Å². The number of carbonyl (C=O) groups excluding carboxylic acids is 4. The number of aliphatic hydroxyl groups excluding tert-OH is 1. The quantitative estimate of drug-likeness (QED) is 0.0912. The van der Waals surface area contributed by atoms with Crippen LogP contribution in [0.3, 0.4) is 0 Å². The van der Waals surface area contributed by atoms with Crippen molar-refractivity contribution in [3.8, 4) is 5.75 Å². The summed E-state index contributed by atoms with van der Waals surface area (Å²) in [6.07, 6.45) is -8.71. The number of ether oxygens (including phenoxy) is 9. The van der Waals surface area contributed by atoms with Crippen LogP contribution in [0.25, 0.3) is 0 Å². The fourth-order valence-corrected chi connectivity index (χ4v) is 11.2. The lowest BCUT2D eigenvalue weighted by Crippen LogP contribution is -2.61. The number of cyclic esters (lactones) is 1. The van der Waals surface area contributed by atoms with Crippen molar-refractivity contribution in [2.45, 2.75) is 204 Å². The van der Waals surface area contributed by atoms with E-state index in [1.807, 2.05) is 65.6 Å². The van der Waals surface area contributed by atoms with Gasteiger partial charge in [-0.1, -0.05) is 32.9 Å². The Morgan fingerprint density at radius 3 is 2.25 bits per heavy atom. The maximum atomic E-state index is 14.7. The number of nitrogens with zero attached hydrogens (tertiary/aromatic N) is 2. The Labute approximate surface area is 426 Å². The standard InChI is InChI=1S/C52H86N4O16/c1-15-38-52(10)44(71-49(62)72-52)33(6)56(13)28-29(2)26-50(8,63)43(69-47-41(59)37(55(11)12)25-30(3)65-47)31(4)42(32(5)46(60)67-38)68-40-27-51(9,64-14)45(34(7)66-40)70-48(61)54-23-16-17-39(58)53-24-22-35-18-20-36(57)21-19-35/h18-21,29-34,37-38,40-45,47,57,59,63H,15-17,22-28H2,1-14H3,(H,53,58)(H,54,61)/t29-,30-,31+,32-,33-,34+,37+,38-,40+,41-,42+,43-,44-,45+,47+,50+,51-,52-/m1/s1. The number of hydrogen-bond acceptors (Lipinski definition) is 18. The van der Waals surface area contributed by atoms with Gasteiger partial charge < -0.3 is 73.5 Å². The monoisotopic (exact) mass is 1020 g/mol. The minimum absolute atomic E-state index is 0.0291. The van der Waals surface area contributed by atoms with E-state index in [9.17, 15) is 34.5 Å². The van der Waals surface area contributed by atoms with E-state index >= 15 is 0 Å². The fraction of sp³-hybridized carbons (Fsp3) is 0.808. The Kier molecular flexibility index (Phi) is 20.6. The van der Waals surface area contributed by atoms with Crippen molar-refractivity contribution < 1.29 is 77.1 Å². The number of esters is 1. The molecule has 72 heavy (non-hydrogen) atoms. The summed E-state index contributed by atoms with van der Waals surface area (Å²) in [6.45, 7) is 19.1. The minimum atomic E-state index is -1.62. The maximum Gasteiger partial charge on any atom is 0.509 e. The molecule has 18 atom stereocenters. The number of rotatable bonds is 15. The zero-order chi connectivity index (χ0) is 53.5. The highest BCUT2D eigenvalue weighted by Crippen LogP contribution is 2.42. The van der Waals surface area contributed by atoms with E-state index in [4.69, 9.17) is 42.6 Å². The molecule has 5 N–H and O–H groups in total. The van der Waals surface area contributed by atoms with Crippen LogP contribution in [0.15, 0.2) is 24.3 Å². The Balaban J connectivity index is 1.38. The number of fused-ring (bicyclic) bond motifs is 1. The summed E-state index contributed by atoms with van der Waals surface area (Å²) >= 11 is 0. The molecule has 0 spiro atoms. The summed E-state index contributed by atoms with van der Waals surface area (Å²) in [5.41, 5.74) is -3.18. The van der Waals surface area contributed by atoms with Crippen molar-refractivity contribution in [2.75, 3.05) is 47.9 Å². The van der Waals surface area contributed by atoms with Gasteiger partial charge in [0, 0.05) is 57.6 Å². The number of benzene rings is 1. The molecule has 5 rings (SSSR count). The largest absolute Gasteiger partial charge is 0.509 e. The van der Waals surface area contributed by atoms with E-state index < -0.39 is 108 Å². The van der Waals surface area contributed by atoms with Gasteiger partial charge in [-0.25, -0.2) is 9.59 Å². The third-order valence-corrected chi connectivity index (χ3v) is 15.4. The lowest BCUT2D eigenvalue weighted by atomic mass is 9.77. The number of aliphatic hydroxyl groups is 2. The molecule has 1 aromatic carbocycles. The molecule has 20 nitrogen and oxygen atoms in total. The Morgan fingerprint density at radius 1 is 0.931 bits per heavy atom. The zero-order valence-electron chi connectivity index (χ0n) is 45.1. The van der Waals surface area contributed by atoms with Crippen LogP contribution >= 0.6 is 0 Å².